The number of para-hydroxylation sites is 1. The first-order valence-corrected chi connectivity index (χ1v) is 6.81. The average Bonchev–Trinajstić information content (AvgIpc) is 2.82. The Labute approximate surface area is 123 Å². The monoisotopic (exact) mass is 293 g/mol. The summed E-state index contributed by atoms with van der Waals surface area (Å²) in [6.07, 6.45) is 0.0192. The molecule has 0 saturated heterocycles. The van der Waals surface area contributed by atoms with Crippen LogP contribution in [-0.2, 0) is 19.1 Å². The number of methoxy groups -OCH3 is 1. The van der Waals surface area contributed by atoms with E-state index in [0.717, 1.165) is 11.3 Å². The second kappa shape index (κ2) is 7.19. The third kappa shape index (κ3) is 3.80. The van der Waals surface area contributed by atoms with Crippen LogP contribution in [0.5, 0.6) is 0 Å². The van der Waals surface area contributed by atoms with E-state index in [0.29, 0.717) is 19.8 Å². The second-order valence-electron chi connectivity index (χ2n) is 4.90. The van der Waals surface area contributed by atoms with Gasteiger partial charge in [0.05, 0.1) is 19.6 Å². The second-order valence-corrected chi connectivity index (χ2v) is 4.90. The Morgan fingerprint density at radius 1 is 1.33 bits per heavy atom. The number of hydrogen-bond donors (Lipinski definition) is 1. The number of ether oxygens (including phenoxy) is 2. The molecule has 6 heteroatoms. The highest BCUT2D eigenvalue weighted by molar-refractivity contribution is 5.97. The molecule has 1 aromatic rings. The fourth-order valence-electron chi connectivity index (χ4n) is 2.50. The molecule has 1 aliphatic rings. The third-order valence-electron chi connectivity index (χ3n) is 3.45. The molecule has 0 aromatic heterocycles. The summed E-state index contributed by atoms with van der Waals surface area (Å²) in [5.74, 6) is -1.19. The van der Waals surface area contributed by atoms with E-state index >= 15 is 0 Å². The molecule has 1 unspecified atom stereocenters. The lowest BCUT2D eigenvalue weighted by atomic mass is 9.98. The fraction of sp³-hybridized carbons (Fsp3) is 0.467. The minimum Gasteiger partial charge on any atom is -0.481 e. The standard InChI is InChI=1S/C15H19NO5/c1-20-6-7-21-10-14(17)16-9-11(8-15(18)19)12-4-2-3-5-13(12)16/h2-5,11H,6-10H2,1H3,(H,18,19). The Kier molecular flexibility index (Phi) is 5.30. The van der Waals surface area contributed by atoms with Crippen LogP contribution in [0.1, 0.15) is 17.9 Å². The number of anilines is 1. The molecule has 1 atom stereocenters. The predicted octanol–water partition coefficient (Wildman–Crippen LogP) is 1.25. The van der Waals surface area contributed by atoms with Gasteiger partial charge in [-0.15, -0.1) is 0 Å². The minimum atomic E-state index is -0.861. The van der Waals surface area contributed by atoms with Crippen LogP contribution in [0.15, 0.2) is 24.3 Å². The first-order chi connectivity index (χ1) is 10.1. The average molecular weight is 293 g/mol. The summed E-state index contributed by atoms with van der Waals surface area (Å²) in [7, 11) is 1.57. The van der Waals surface area contributed by atoms with E-state index in [1.807, 2.05) is 24.3 Å². The Hall–Kier alpha value is -1.92. The van der Waals surface area contributed by atoms with E-state index in [1.54, 1.807) is 12.0 Å². The van der Waals surface area contributed by atoms with Crippen LogP contribution in [0.3, 0.4) is 0 Å². The summed E-state index contributed by atoms with van der Waals surface area (Å²) >= 11 is 0. The molecule has 1 aliphatic heterocycles. The molecule has 21 heavy (non-hydrogen) atoms. The van der Waals surface area contributed by atoms with Gasteiger partial charge in [-0.3, -0.25) is 9.59 Å². The van der Waals surface area contributed by atoms with Gasteiger partial charge in [-0.25, -0.2) is 0 Å². The minimum absolute atomic E-state index is 0.0192. The zero-order valence-corrected chi connectivity index (χ0v) is 11.9. The van der Waals surface area contributed by atoms with Crippen molar-refractivity contribution < 1.29 is 24.2 Å². The fourth-order valence-corrected chi connectivity index (χ4v) is 2.50. The van der Waals surface area contributed by atoms with Gasteiger partial charge in [0.15, 0.2) is 0 Å². The van der Waals surface area contributed by atoms with Crippen LogP contribution in [0.2, 0.25) is 0 Å². The molecular formula is C15H19NO5. The van der Waals surface area contributed by atoms with Gasteiger partial charge in [-0.1, -0.05) is 18.2 Å². The van der Waals surface area contributed by atoms with Crippen LogP contribution in [0.25, 0.3) is 0 Å². The summed E-state index contributed by atoms with van der Waals surface area (Å²) in [6, 6.07) is 7.41. The lowest BCUT2D eigenvalue weighted by molar-refractivity contribution is -0.137. The van der Waals surface area contributed by atoms with Gasteiger partial charge in [0.2, 0.25) is 0 Å². The number of aliphatic carboxylic acids is 1. The lowest BCUT2D eigenvalue weighted by Gasteiger charge is -2.17. The SMILES string of the molecule is COCCOCC(=O)N1CC(CC(=O)O)c2ccccc21. The number of nitrogens with zero attached hydrogens (tertiary/aromatic N) is 1. The van der Waals surface area contributed by atoms with Crippen molar-refractivity contribution in [3.05, 3.63) is 29.8 Å². The molecule has 1 N–H and O–H groups in total. The molecule has 0 bridgehead atoms. The van der Waals surface area contributed by atoms with Gasteiger partial charge in [-0.2, -0.15) is 0 Å². The highest BCUT2D eigenvalue weighted by Crippen LogP contribution is 2.37. The molecule has 1 aromatic carbocycles. The van der Waals surface area contributed by atoms with Crippen LogP contribution in [0, 0.1) is 0 Å². The van der Waals surface area contributed by atoms with E-state index in [9.17, 15) is 9.59 Å². The molecular weight excluding hydrogens is 274 g/mol. The molecule has 114 valence electrons. The van der Waals surface area contributed by atoms with Crippen LogP contribution >= 0.6 is 0 Å². The zero-order chi connectivity index (χ0) is 15.2. The first-order valence-electron chi connectivity index (χ1n) is 6.81. The molecule has 0 radical (unpaired) electrons. The van der Waals surface area contributed by atoms with Crippen LogP contribution in [0.4, 0.5) is 5.69 Å². The number of amides is 1. The predicted molar refractivity (Wildman–Crippen MR) is 76.5 cm³/mol. The van der Waals surface area contributed by atoms with Crippen molar-refractivity contribution in [2.45, 2.75) is 12.3 Å². The summed E-state index contributed by atoms with van der Waals surface area (Å²) < 4.78 is 10.1. The number of carbonyl (C=O) groups excluding carboxylic acids is 1. The van der Waals surface area contributed by atoms with Gasteiger partial charge >= 0.3 is 5.97 Å². The molecule has 0 aliphatic carbocycles. The highest BCUT2D eigenvalue weighted by Gasteiger charge is 2.33. The van der Waals surface area contributed by atoms with Crippen LogP contribution < -0.4 is 4.90 Å². The maximum atomic E-state index is 12.2. The number of carbonyl (C=O) groups is 2. The van der Waals surface area contributed by atoms with Crippen molar-refractivity contribution in [1.82, 2.24) is 0 Å². The molecule has 0 spiro atoms. The van der Waals surface area contributed by atoms with Crippen molar-refractivity contribution in [1.29, 1.82) is 0 Å². The third-order valence-corrected chi connectivity index (χ3v) is 3.45. The van der Waals surface area contributed by atoms with Gasteiger partial charge in [0, 0.05) is 25.3 Å². The topological polar surface area (TPSA) is 76.1 Å². The van der Waals surface area contributed by atoms with Crippen molar-refractivity contribution >= 4 is 17.6 Å². The van der Waals surface area contributed by atoms with Crippen molar-refractivity contribution in [3.63, 3.8) is 0 Å². The van der Waals surface area contributed by atoms with E-state index in [4.69, 9.17) is 14.6 Å². The number of benzene rings is 1. The largest absolute Gasteiger partial charge is 0.481 e. The Morgan fingerprint density at radius 2 is 2.10 bits per heavy atom. The van der Waals surface area contributed by atoms with Crippen molar-refractivity contribution in [2.24, 2.45) is 0 Å². The first kappa shape index (κ1) is 15.5. The highest BCUT2D eigenvalue weighted by atomic mass is 16.5. The molecule has 1 heterocycles. The Balaban J connectivity index is 2.04. The lowest BCUT2D eigenvalue weighted by Crippen LogP contribution is -2.33. The quantitative estimate of drug-likeness (QED) is 0.766. The summed E-state index contributed by atoms with van der Waals surface area (Å²) in [5.41, 5.74) is 1.69. The maximum Gasteiger partial charge on any atom is 0.304 e. The van der Waals surface area contributed by atoms with E-state index in [1.165, 1.54) is 0 Å². The van der Waals surface area contributed by atoms with Crippen molar-refractivity contribution in [2.75, 3.05) is 38.4 Å². The Bertz CT molecular complexity index is 517. The summed E-state index contributed by atoms with van der Waals surface area (Å²) in [4.78, 5) is 24.8. The van der Waals surface area contributed by atoms with Crippen molar-refractivity contribution in [3.8, 4) is 0 Å². The van der Waals surface area contributed by atoms with Crippen LogP contribution in [-0.4, -0.2) is 50.5 Å². The van der Waals surface area contributed by atoms with E-state index in [-0.39, 0.29) is 24.9 Å². The number of hydrogen-bond acceptors (Lipinski definition) is 4. The molecule has 6 nitrogen and oxygen atoms in total. The molecule has 0 saturated carbocycles. The number of rotatable bonds is 7. The van der Waals surface area contributed by atoms with Gasteiger partial charge in [0.25, 0.3) is 5.91 Å². The number of carboxylic acid groups (broad SMARTS) is 1. The molecule has 2 rings (SSSR count). The van der Waals surface area contributed by atoms with Gasteiger partial charge in [-0.05, 0) is 11.6 Å². The summed E-state index contributed by atoms with van der Waals surface area (Å²) in [6.45, 7) is 1.15. The number of fused-ring (bicyclic) bond motifs is 1. The number of carboxylic acids is 1. The Morgan fingerprint density at radius 3 is 2.81 bits per heavy atom. The van der Waals surface area contributed by atoms with E-state index < -0.39 is 5.97 Å². The normalized spacial score (nSPS) is 16.8. The smallest absolute Gasteiger partial charge is 0.304 e. The molecule has 1 amide bonds. The zero-order valence-electron chi connectivity index (χ0n) is 11.9. The summed E-state index contributed by atoms with van der Waals surface area (Å²) in [5, 5.41) is 8.98. The maximum absolute atomic E-state index is 12.2. The van der Waals surface area contributed by atoms with E-state index in [2.05, 4.69) is 0 Å². The molecule has 0 fully saturated rings. The van der Waals surface area contributed by atoms with Gasteiger partial charge < -0.3 is 19.5 Å². The van der Waals surface area contributed by atoms with Gasteiger partial charge in [0.1, 0.15) is 6.61 Å².